The molecule has 0 aliphatic heterocycles. The SMILES string of the molecule is CC(C)CC(=O)NCc1cc(N(C)C)c2c(c1O)C(O)=C1C(=O)[C@]3(O)C(O)=C(C(N)=O)C(=O)[C@@H](C(C)C)[C@@H]3C[C@@H]1C2. The van der Waals surface area contributed by atoms with Crippen LogP contribution in [0.1, 0.15) is 57.2 Å². The first kappa shape index (κ1) is 30.1. The highest BCUT2D eigenvalue weighted by Gasteiger charge is 2.64. The molecule has 3 aliphatic rings. The standard InChI is InChI=1S/C30H39N3O8/c1-12(2)7-19(34)32-11-15-10-18(33(5)6)16-8-14-9-17-20(13(3)4)25(36)23(29(31)40)28(39)30(17,41)27(38)21(14)26(37)22(16)24(15)35/h10,12-14,17,20,35,37,39,41H,7-9,11H2,1-6H3,(H2,31,40)(H,32,34)/t14-,17-,20-,30-/m0/s1. The van der Waals surface area contributed by atoms with Crippen LogP contribution < -0.4 is 16.0 Å². The molecule has 11 heteroatoms. The van der Waals surface area contributed by atoms with E-state index in [1.54, 1.807) is 38.9 Å². The number of hydrogen-bond acceptors (Lipinski definition) is 9. The van der Waals surface area contributed by atoms with E-state index in [9.17, 15) is 39.6 Å². The van der Waals surface area contributed by atoms with Gasteiger partial charge in [0.2, 0.25) is 11.7 Å². The molecule has 2 amide bonds. The summed E-state index contributed by atoms with van der Waals surface area (Å²) >= 11 is 0. The van der Waals surface area contributed by atoms with E-state index in [0.29, 0.717) is 23.2 Å². The molecule has 1 aromatic carbocycles. The first-order valence-corrected chi connectivity index (χ1v) is 13.8. The third-order valence-corrected chi connectivity index (χ3v) is 8.58. The Labute approximate surface area is 238 Å². The van der Waals surface area contributed by atoms with Gasteiger partial charge in [-0.3, -0.25) is 19.2 Å². The lowest BCUT2D eigenvalue weighted by molar-refractivity contribution is -0.155. The van der Waals surface area contributed by atoms with E-state index >= 15 is 0 Å². The fourth-order valence-electron chi connectivity index (χ4n) is 6.76. The largest absolute Gasteiger partial charge is 0.508 e. The molecule has 4 atom stereocenters. The summed E-state index contributed by atoms with van der Waals surface area (Å²) in [4.78, 5) is 53.6. The molecule has 0 saturated heterocycles. The quantitative estimate of drug-likeness (QED) is 0.267. The predicted molar refractivity (Wildman–Crippen MR) is 151 cm³/mol. The van der Waals surface area contributed by atoms with Gasteiger partial charge in [0.05, 0.1) is 5.56 Å². The molecule has 0 bridgehead atoms. The Morgan fingerprint density at radius 1 is 1.15 bits per heavy atom. The second kappa shape index (κ2) is 10.5. The maximum atomic E-state index is 14.0. The van der Waals surface area contributed by atoms with E-state index in [2.05, 4.69) is 5.32 Å². The van der Waals surface area contributed by atoms with Gasteiger partial charge in [0.25, 0.3) is 5.91 Å². The van der Waals surface area contributed by atoms with Crippen LogP contribution in [-0.4, -0.2) is 63.5 Å². The summed E-state index contributed by atoms with van der Waals surface area (Å²) in [5.74, 6) is -8.19. The van der Waals surface area contributed by atoms with Gasteiger partial charge in [0.1, 0.15) is 22.8 Å². The Morgan fingerprint density at radius 2 is 1.78 bits per heavy atom. The van der Waals surface area contributed by atoms with E-state index in [1.807, 2.05) is 13.8 Å². The van der Waals surface area contributed by atoms with Crippen molar-refractivity contribution in [2.75, 3.05) is 19.0 Å². The van der Waals surface area contributed by atoms with E-state index in [1.165, 1.54) is 0 Å². The fourth-order valence-corrected chi connectivity index (χ4v) is 6.76. The van der Waals surface area contributed by atoms with Crippen LogP contribution in [0.3, 0.4) is 0 Å². The van der Waals surface area contributed by atoms with E-state index in [-0.39, 0.29) is 48.1 Å². The molecule has 1 aromatic rings. The summed E-state index contributed by atoms with van der Waals surface area (Å²) in [5.41, 5.74) is 3.24. The highest BCUT2D eigenvalue weighted by atomic mass is 16.3. The number of carbonyl (C=O) groups excluding carboxylic acids is 4. The first-order valence-electron chi connectivity index (χ1n) is 13.8. The number of carbonyl (C=O) groups is 4. The number of ketones is 2. The van der Waals surface area contributed by atoms with Gasteiger partial charge in [-0.25, -0.2) is 0 Å². The van der Waals surface area contributed by atoms with Crippen molar-refractivity contribution in [3.63, 3.8) is 0 Å². The van der Waals surface area contributed by atoms with Crippen LogP contribution in [0.2, 0.25) is 0 Å². The van der Waals surface area contributed by atoms with Gasteiger partial charge in [-0.15, -0.1) is 0 Å². The van der Waals surface area contributed by atoms with Crippen LogP contribution in [0.25, 0.3) is 5.76 Å². The molecule has 0 aromatic heterocycles. The highest BCUT2D eigenvalue weighted by molar-refractivity contribution is 6.23. The van der Waals surface area contributed by atoms with Crippen molar-refractivity contribution in [1.82, 2.24) is 5.32 Å². The molecular weight excluding hydrogens is 530 g/mol. The Kier molecular flexibility index (Phi) is 7.72. The van der Waals surface area contributed by atoms with E-state index < -0.39 is 63.8 Å². The zero-order valence-corrected chi connectivity index (χ0v) is 24.2. The zero-order valence-electron chi connectivity index (χ0n) is 24.2. The van der Waals surface area contributed by atoms with Crippen molar-refractivity contribution < 1.29 is 39.6 Å². The molecule has 1 saturated carbocycles. The van der Waals surface area contributed by atoms with Crippen LogP contribution in [0.15, 0.2) is 23.0 Å². The minimum Gasteiger partial charge on any atom is -0.508 e. The lowest BCUT2D eigenvalue weighted by Crippen LogP contribution is -2.62. The van der Waals surface area contributed by atoms with E-state index in [4.69, 9.17) is 5.73 Å². The maximum absolute atomic E-state index is 14.0. The summed E-state index contributed by atoms with van der Waals surface area (Å²) < 4.78 is 0. The minimum atomic E-state index is -2.66. The number of hydrogen-bond donors (Lipinski definition) is 6. The molecule has 41 heavy (non-hydrogen) atoms. The average Bonchev–Trinajstić information content (AvgIpc) is 2.84. The topological polar surface area (TPSA) is 190 Å². The van der Waals surface area contributed by atoms with Crippen molar-refractivity contribution in [3.8, 4) is 5.75 Å². The fraction of sp³-hybridized carbons (Fsp3) is 0.533. The maximum Gasteiger partial charge on any atom is 0.255 e. The minimum absolute atomic E-state index is 0.00292. The van der Waals surface area contributed by atoms with E-state index in [0.717, 1.165) is 0 Å². The number of aliphatic hydroxyl groups excluding tert-OH is 2. The number of phenolic OH excluding ortho intramolecular Hbond substituents is 1. The van der Waals surface area contributed by atoms with Crippen molar-refractivity contribution in [2.45, 2.75) is 59.1 Å². The summed E-state index contributed by atoms with van der Waals surface area (Å²) in [5, 5.41) is 48.4. The average molecular weight is 570 g/mol. The number of benzene rings is 1. The van der Waals surface area contributed by atoms with Gasteiger partial charge in [0, 0.05) is 55.7 Å². The Balaban J connectivity index is 1.90. The summed E-state index contributed by atoms with van der Waals surface area (Å²) in [6.07, 6.45) is 0.536. The number of primary amides is 1. The lowest BCUT2D eigenvalue weighted by Gasteiger charge is -2.50. The number of amides is 2. The molecule has 0 spiro atoms. The molecular formula is C30H39N3O8. The van der Waals surface area contributed by atoms with Gasteiger partial charge in [-0.1, -0.05) is 27.7 Å². The molecule has 0 radical (unpaired) electrons. The van der Waals surface area contributed by atoms with Crippen LogP contribution in [0.4, 0.5) is 5.69 Å². The predicted octanol–water partition coefficient (Wildman–Crippen LogP) is 2.03. The van der Waals surface area contributed by atoms with Crippen LogP contribution in [0, 0.1) is 29.6 Å². The van der Waals surface area contributed by atoms with Crippen LogP contribution >= 0.6 is 0 Å². The van der Waals surface area contributed by atoms with Crippen LogP contribution in [-0.2, 0) is 32.1 Å². The normalized spacial score (nSPS) is 25.7. The highest BCUT2D eigenvalue weighted by Crippen LogP contribution is 2.55. The lowest BCUT2D eigenvalue weighted by atomic mass is 9.54. The van der Waals surface area contributed by atoms with Crippen molar-refractivity contribution in [2.24, 2.45) is 35.3 Å². The van der Waals surface area contributed by atoms with Gasteiger partial charge in [-0.2, -0.15) is 0 Å². The number of rotatable bonds is 7. The number of phenols is 1. The Bertz CT molecular complexity index is 1410. The number of Topliss-reactive ketones (excluding diaryl/α,β-unsaturated/α-hetero) is 2. The van der Waals surface area contributed by atoms with Gasteiger partial charge < -0.3 is 36.4 Å². The number of fused-ring (bicyclic) bond motifs is 3. The van der Waals surface area contributed by atoms with Gasteiger partial charge in [0.15, 0.2) is 11.4 Å². The molecule has 4 rings (SSSR count). The zero-order chi connectivity index (χ0) is 30.7. The second-order valence-electron chi connectivity index (χ2n) is 12.3. The molecule has 222 valence electrons. The number of nitrogens with two attached hydrogens (primary N) is 1. The number of nitrogens with one attached hydrogen (secondary N) is 1. The monoisotopic (exact) mass is 569 g/mol. The Morgan fingerprint density at radius 3 is 2.32 bits per heavy atom. The number of nitrogens with zero attached hydrogens (tertiary/aromatic N) is 1. The molecule has 0 heterocycles. The molecule has 0 unspecified atom stereocenters. The van der Waals surface area contributed by atoms with Crippen molar-refractivity contribution in [3.05, 3.63) is 39.7 Å². The summed E-state index contributed by atoms with van der Waals surface area (Å²) in [7, 11) is 3.58. The first-order chi connectivity index (χ1) is 19.0. The van der Waals surface area contributed by atoms with Crippen molar-refractivity contribution in [1.29, 1.82) is 0 Å². The molecule has 7 N–H and O–H groups in total. The van der Waals surface area contributed by atoms with Crippen molar-refractivity contribution >= 4 is 34.8 Å². The third-order valence-electron chi connectivity index (χ3n) is 8.58. The summed E-state index contributed by atoms with van der Waals surface area (Å²) in [6, 6.07) is 1.72. The van der Waals surface area contributed by atoms with Gasteiger partial charge >= 0.3 is 0 Å². The second-order valence-corrected chi connectivity index (χ2v) is 12.3. The third kappa shape index (κ3) is 4.65. The summed E-state index contributed by atoms with van der Waals surface area (Å²) in [6.45, 7) is 7.23. The number of anilines is 1. The smallest absolute Gasteiger partial charge is 0.255 e. The molecule has 1 fully saturated rings. The number of aromatic hydroxyl groups is 1. The van der Waals surface area contributed by atoms with Crippen LogP contribution in [0.5, 0.6) is 5.75 Å². The van der Waals surface area contributed by atoms with Gasteiger partial charge in [-0.05, 0) is 42.2 Å². The molecule has 11 nitrogen and oxygen atoms in total. The Hall–Kier alpha value is -3.86. The molecule has 3 aliphatic carbocycles. The number of aliphatic hydroxyl groups is 3.